The van der Waals surface area contributed by atoms with Crippen molar-refractivity contribution in [3.8, 4) is 0 Å². The Bertz CT molecular complexity index is 898. The molecule has 0 spiro atoms. The van der Waals surface area contributed by atoms with E-state index < -0.39 is 15.9 Å². The van der Waals surface area contributed by atoms with Gasteiger partial charge in [-0.25, -0.2) is 8.42 Å². The number of aliphatic hydroxyl groups excluding tert-OH is 1. The van der Waals surface area contributed by atoms with Gasteiger partial charge in [-0.3, -0.25) is 9.52 Å². The van der Waals surface area contributed by atoms with Gasteiger partial charge in [0, 0.05) is 12.2 Å². The summed E-state index contributed by atoms with van der Waals surface area (Å²) < 4.78 is 27.6. The standard InChI is InChI=1S/C17H19ClN2O4S/c1-11-3-4-13(9-12(11)2)20-25(23,24)14-5-6-16(18)15(10-14)17(22)19-7-8-21/h3-6,9-10,20-21H,7-8H2,1-2H3,(H,19,22). The summed E-state index contributed by atoms with van der Waals surface area (Å²) in [4.78, 5) is 11.9. The normalized spacial score (nSPS) is 11.2. The number of sulfonamides is 1. The van der Waals surface area contributed by atoms with E-state index in [1.54, 1.807) is 12.1 Å². The first kappa shape index (κ1) is 19.2. The Morgan fingerprint density at radius 1 is 1.12 bits per heavy atom. The highest BCUT2D eigenvalue weighted by molar-refractivity contribution is 7.92. The molecule has 0 atom stereocenters. The molecule has 8 heteroatoms. The third-order valence-electron chi connectivity index (χ3n) is 3.65. The van der Waals surface area contributed by atoms with Gasteiger partial charge < -0.3 is 10.4 Å². The van der Waals surface area contributed by atoms with Crippen LogP contribution in [0.2, 0.25) is 5.02 Å². The number of benzene rings is 2. The number of aliphatic hydroxyl groups is 1. The molecule has 0 fully saturated rings. The van der Waals surface area contributed by atoms with Gasteiger partial charge in [-0.05, 0) is 55.3 Å². The number of carbonyl (C=O) groups is 1. The summed E-state index contributed by atoms with van der Waals surface area (Å²) in [7, 11) is -3.87. The van der Waals surface area contributed by atoms with Crippen LogP contribution in [-0.2, 0) is 10.0 Å². The van der Waals surface area contributed by atoms with E-state index in [9.17, 15) is 13.2 Å². The van der Waals surface area contributed by atoms with Crippen LogP contribution in [0.15, 0.2) is 41.3 Å². The van der Waals surface area contributed by atoms with E-state index in [1.807, 2.05) is 19.9 Å². The Kier molecular flexibility index (Phi) is 6.05. The lowest BCUT2D eigenvalue weighted by atomic mass is 10.1. The average Bonchev–Trinajstić information content (AvgIpc) is 2.56. The maximum absolute atomic E-state index is 12.6. The topological polar surface area (TPSA) is 95.5 Å². The molecular weight excluding hydrogens is 364 g/mol. The van der Waals surface area contributed by atoms with Gasteiger partial charge in [0.05, 0.1) is 22.1 Å². The maximum atomic E-state index is 12.6. The SMILES string of the molecule is Cc1ccc(NS(=O)(=O)c2ccc(Cl)c(C(=O)NCCO)c2)cc1C. The minimum Gasteiger partial charge on any atom is -0.395 e. The molecule has 0 aliphatic carbocycles. The lowest BCUT2D eigenvalue weighted by Gasteiger charge is -2.12. The molecule has 0 saturated carbocycles. The minimum absolute atomic E-state index is 0.0260. The molecule has 0 heterocycles. The van der Waals surface area contributed by atoms with Crippen LogP contribution in [-0.4, -0.2) is 32.6 Å². The van der Waals surface area contributed by atoms with E-state index in [2.05, 4.69) is 10.0 Å². The average molecular weight is 383 g/mol. The molecule has 0 aliphatic heterocycles. The molecule has 6 nitrogen and oxygen atoms in total. The summed E-state index contributed by atoms with van der Waals surface area (Å²) in [6.45, 7) is 3.64. The molecule has 2 aromatic carbocycles. The Morgan fingerprint density at radius 2 is 1.84 bits per heavy atom. The molecule has 0 saturated heterocycles. The van der Waals surface area contributed by atoms with Crippen LogP contribution in [0.3, 0.4) is 0 Å². The van der Waals surface area contributed by atoms with Crippen molar-refractivity contribution in [2.24, 2.45) is 0 Å². The van der Waals surface area contributed by atoms with Crippen LogP contribution < -0.4 is 10.0 Å². The van der Waals surface area contributed by atoms with Gasteiger partial charge in [-0.15, -0.1) is 0 Å². The molecule has 0 aliphatic rings. The first-order valence-corrected chi connectivity index (χ1v) is 9.39. The Labute approximate surface area is 151 Å². The number of halogens is 1. The fourth-order valence-electron chi connectivity index (χ4n) is 2.13. The van der Waals surface area contributed by atoms with Gasteiger partial charge in [-0.1, -0.05) is 17.7 Å². The largest absolute Gasteiger partial charge is 0.395 e. The number of aryl methyl sites for hydroxylation is 2. The van der Waals surface area contributed by atoms with E-state index in [4.69, 9.17) is 16.7 Å². The van der Waals surface area contributed by atoms with Crippen molar-refractivity contribution in [2.45, 2.75) is 18.7 Å². The monoisotopic (exact) mass is 382 g/mol. The molecule has 0 unspecified atom stereocenters. The second-order valence-electron chi connectivity index (χ2n) is 5.53. The first-order chi connectivity index (χ1) is 11.7. The van der Waals surface area contributed by atoms with Crippen molar-refractivity contribution in [2.75, 3.05) is 17.9 Å². The van der Waals surface area contributed by atoms with Gasteiger partial charge >= 0.3 is 0 Å². The van der Waals surface area contributed by atoms with Crippen molar-refractivity contribution < 1.29 is 18.3 Å². The zero-order valence-corrected chi connectivity index (χ0v) is 15.4. The number of nitrogens with one attached hydrogen (secondary N) is 2. The summed E-state index contributed by atoms with van der Waals surface area (Å²) in [5.41, 5.74) is 2.47. The number of hydrogen-bond acceptors (Lipinski definition) is 4. The van der Waals surface area contributed by atoms with Gasteiger partial charge in [0.2, 0.25) is 0 Å². The van der Waals surface area contributed by atoms with Gasteiger partial charge in [-0.2, -0.15) is 0 Å². The zero-order valence-electron chi connectivity index (χ0n) is 13.8. The molecule has 0 bridgehead atoms. The fourth-order valence-corrected chi connectivity index (χ4v) is 3.41. The molecule has 134 valence electrons. The number of rotatable bonds is 6. The fraction of sp³-hybridized carbons (Fsp3) is 0.235. The van der Waals surface area contributed by atoms with Crippen LogP contribution in [0.25, 0.3) is 0 Å². The van der Waals surface area contributed by atoms with Crippen LogP contribution in [0.5, 0.6) is 0 Å². The Morgan fingerprint density at radius 3 is 2.48 bits per heavy atom. The Balaban J connectivity index is 2.32. The van der Waals surface area contributed by atoms with Crippen LogP contribution in [0.1, 0.15) is 21.5 Å². The van der Waals surface area contributed by atoms with Gasteiger partial charge in [0.25, 0.3) is 15.9 Å². The number of carbonyl (C=O) groups excluding carboxylic acids is 1. The predicted molar refractivity (Wildman–Crippen MR) is 97.6 cm³/mol. The summed E-state index contributed by atoms with van der Waals surface area (Å²) in [6.07, 6.45) is 0. The number of hydrogen-bond donors (Lipinski definition) is 3. The molecule has 2 aromatic rings. The van der Waals surface area contributed by atoms with Gasteiger partial charge in [0.1, 0.15) is 0 Å². The third-order valence-corrected chi connectivity index (χ3v) is 5.36. The molecule has 1 amide bonds. The van der Waals surface area contributed by atoms with E-state index in [0.29, 0.717) is 5.69 Å². The number of amides is 1. The highest BCUT2D eigenvalue weighted by Crippen LogP contribution is 2.23. The van der Waals surface area contributed by atoms with Crippen molar-refractivity contribution in [3.05, 3.63) is 58.1 Å². The summed E-state index contributed by atoms with van der Waals surface area (Å²) in [5, 5.41) is 11.3. The van der Waals surface area contributed by atoms with Crippen molar-refractivity contribution in [3.63, 3.8) is 0 Å². The highest BCUT2D eigenvalue weighted by atomic mass is 35.5. The molecule has 2 rings (SSSR count). The molecule has 0 radical (unpaired) electrons. The number of anilines is 1. The quantitative estimate of drug-likeness (QED) is 0.715. The van der Waals surface area contributed by atoms with E-state index in [-0.39, 0.29) is 28.6 Å². The lowest BCUT2D eigenvalue weighted by Crippen LogP contribution is -2.27. The van der Waals surface area contributed by atoms with Crippen LogP contribution >= 0.6 is 11.6 Å². The van der Waals surface area contributed by atoms with E-state index in [1.165, 1.54) is 18.2 Å². The van der Waals surface area contributed by atoms with Crippen molar-refractivity contribution in [1.29, 1.82) is 0 Å². The van der Waals surface area contributed by atoms with Gasteiger partial charge in [0.15, 0.2) is 0 Å². The maximum Gasteiger partial charge on any atom is 0.261 e. The van der Waals surface area contributed by atoms with E-state index >= 15 is 0 Å². The van der Waals surface area contributed by atoms with Crippen molar-refractivity contribution in [1.82, 2.24) is 5.32 Å². The minimum atomic E-state index is -3.87. The summed E-state index contributed by atoms with van der Waals surface area (Å²) in [6, 6.07) is 9.11. The molecule has 0 aromatic heterocycles. The Hall–Kier alpha value is -2.09. The molecule has 25 heavy (non-hydrogen) atoms. The third kappa shape index (κ3) is 4.72. The second kappa shape index (κ2) is 7.86. The lowest BCUT2D eigenvalue weighted by molar-refractivity contribution is 0.0944. The molecule has 3 N–H and O–H groups in total. The van der Waals surface area contributed by atoms with Crippen molar-refractivity contribution >= 4 is 33.2 Å². The highest BCUT2D eigenvalue weighted by Gasteiger charge is 2.19. The first-order valence-electron chi connectivity index (χ1n) is 7.53. The van der Waals surface area contributed by atoms with Crippen LogP contribution in [0, 0.1) is 13.8 Å². The van der Waals surface area contributed by atoms with Crippen LogP contribution in [0.4, 0.5) is 5.69 Å². The predicted octanol–water partition coefficient (Wildman–Crippen LogP) is 2.48. The summed E-state index contributed by atoms with van der Waals surface area (Å²) >= 11 is 5.98. The second-order valence-corrected chi connectivity index (χ2v) is 7.62. The molecular formula is C17H19ClN2O4S. The zero-order chi connectivity index (χ0) is 18.6. The smallest absolute Gasteiger partial charge is 0.261 e. The summed E-state index contributed by atoms with van der Waals surface area (Å²) in [5.74, 6) is -0.553. The van der Waals surface area contributed by atoms with E-state index in [0.717, 1.165) is 11.1 Å².